The first-order chi connectivity index (χ1) is 7.07. The number of carbonyl (C=O) groups excluding carboxylic acids is 1. The third kappa shape index (κ3) is 2.88. The third-order valence-electron chi connectivity index (χ3n) is 3.02. The van der Waals surface area contributed by atoms with E-state index in [0.717, 1.165) is 18.8 Å². The lowest BCUT2D eigenvalue weighted by atomic mass is 10.1. The monoisotopic (exact) mass is 228 g/mol. The Morgan fingerprint density at radius 3 is 2.67 bits per heavy atom. The molecule has 1 amide bonds. The van der Waals surface area contributed by atoms with Gasteiger partial charge >= 0.3 is 0 Å². The Morgan fingerprint density at radius 1 is 1.47 bits per heavy atom. The van der Waals surface area contributed by atoms with Gasteiger partial charge in [-0.15, -0.1) is 11.8 Å². The van der Waals surface area contributed by atoms with Gasteiger partial charge in [-0.3, -0.25) is 10.1 Å². The summed E-state index contributed by atoms with van der Waals surface area (Å²) in [5.74, 6) is 1.43. The molecule has 1 N–H and O–H groups in total. The predicted octanol–water partition coefficient (Wildman–Crippen LogP) is 1.44. The van der Waals surface area contributed by atoms with E-state index in [-0.39, 0.29) is 5.54 Å². The zero-order valence-corrected chi connectivity index (χ0v) is 10.4. The Kier molecular flexibility index (Phi) is 3.26. The van der Waals surface area contributed by atoms with E-state index in [4.69, 9.17) is 0 Å². The van der Waals surface area contributed by atoms with Crippen molar-refractivity contribution in [3.05, 3.63) is 0 Å². The van der Waals surface area contributed by atoms with Crippen molar-refractivity contribution in [3.8, 4) is 0 Å². The van der Waals surface area contributed by atoms with Gasteiger partial charge in [-0.2, -0.15) is 0 Å². The SMILES string of the molecule is CC1(C)CSC(CC(=O)N2CCCC2)N1. The maximum Gasteiger partial charge on any atom is 0.225 e. The number of rotatable bonds is 2. The van der Waals surface area contributed by atoms with Gasteiger partial charge in [0.05, 0.1) is 11.8 Å². The highest BCUT2D eigenvalue weighted by Gasteiger charge is 2.32. The molecule has 0 aliphatic carbocycles. The minimum Gasteiger partial charge on any atom is -0.343 e. The van der Waals surface area contributed by atoms with Crippen molar-refractivity contribution in [3.63, 3.8) is 0 Å². The normalized spacial score (nSPS) is 29.7. The summed E-state index contributed by atoms with van der Waals surface area (Å²) in [7, 11) is 0. The van der Waals surface area contributed by atoms with Gasteiger partial charge in [0.1, 0.15) is 0 Å². The van der Waals surface area contributed by atoms with Crippen LogP contribution in [-0.2, 0) is 4.79 Å². The fourth-order valence-corrected chi connectivity index (χ4v) is 3.56. The second-order valence-corrected chi connectivity index (χ2v) is 6.31. The Bertz CT molecular complexity index is 249. The lowest BCUT2D eigenvalue weighted by Crippen LogP contribution is -2.41. The Hall–Kier alpha value is -0.220. The van der Waals surface area contributed by atoms with E-state index in [0.29, 0.717) is 17.7 Å². The molecule has 0 aromatic carbocycles. The van der Waals surface area contributed by atoms with Crippen LogP contribution in [0.5, 0.6) is 0 Å². The van der Waals surface area contributed by atoms with Crippen LogP contribution in [0, 0.1) is 0 Å². The van der Waals surface area contributed by atoms with Gasteiger partial charge in [-0.05, 0) is 26.7 Å². The molecule has 4 heteroatoms. The highest BCUT2D eigenvalue weighted by atomic mass is 32.2. The molecular formula is C11H20N2OS. The smallest absolute Gasteiger partial charge is 0.225 e. The fraction of sp³-hybridized carbons (Fsp3) is 0.909. The van der Waals surface area contributed by atoms with Crippen molar-refractivity contribution in [1.29, 1.82) is 0 Å². The number of thioether (sulfide) groups is 1. The van der Waals surface area contributed by atoms with Crippen LogP contribution in [0.4, 0.5) is 0 Å². The summed E-state index contributed by atoms with van der Waals surface area (Å²) in [6, 6.07) is 0. The highest BCUT2D eigenvalue weighted by molar-refractivity contribution is 8.00. The van der Waals surface area contributed by atoms with Gasteiger partial charge in [-0.25, -0.2) is 0 Å². The van der Waals surface area contributed by atoms with Crippen molar-refractivity contribution in [1.82, 2.24) is 10.2 Å². The molecule has 0 spiro atoms. The van der Waals surface area contributed by atoms with Crippen molar-refractivity contribution >= 4 is 17.7 Å². The Balaban J connectivity index is 1.79. The van der Waals surface area contributed by atoms with E-state index >= 15 is 0 Å². The van der Waals surface area contributed by atoms with Crippen LogP contribution in [0.3, 0.4) is 0 Å². The van der Waals surface area contributed by atoms with Crippen molar-refractivity contribution in [2.75, 3.05) is 18.8 Å². The fourth-order valence-electron chi connectivity index (χ4n) is 2.19. The zero-order chi connectivity index (χ0) is 10.9. The number of hydrogen-bond donors (Lipinski definition) is 1. The summed E-state index contributed by atoms with van der Waals surface area (Å²) in [6.45, 7) is 6.33. The molecule has 2 fully saturated rings. The van der Waals surface area contributed by atoms with E-state index in [2.05, 4.69) is 19.2 Å². The van der Waals surface area contributed by atoms with Gasteiger partial charge in [-0.1, -0.05) is 0 Å². The van der Waals surface area contributed by atoms with Crippen LogP contribution in [0.2, 0.25) is 0 Å². The summed E-state index contributed by atoms with van der Waals surface area (Å²) in [6.07, 6.45) is 3.03. The third-order valence-corrected chi connectivity index (χ3v) is 4.59. The quantitative estimate of drug-likeness (QED) is 0.776. The number of amides is 1. The molecule has 2 heterocycles. The van der Waals surface area contributed by atoms with Crippen molar-refractivity contribution in [2.45, 2.75) is 44.0 Å². The highest BCUT2D eigenvalue weighted by Crippen LogP contribution is 2.28. The minimum absolute atomic E-state index is 0.195. The molecule has 0 aromatic heterocycles. The number of carbonyl (C=O) groups is 1. The van der Waals surface area contributed by atoms with Crippen LogP contribution in [0.1, 0.15) is 33.1 Å². The van der Waals surface area contributed by atoms with Gasteiger partial charge in [0, 0.05) is 24.4 Å². The molecule has 0 bridgehead atoms. The number of hydrogen-bond acceptors (Lipinski definition) is 3. The first-order valence-corrected chi connectivity index (χ1v) is 6.79. The summed E-state index contributed by atoms with van der Waals surface area (Å²) in [4.78, 5) is 13.9. The molecule has 15 heavy (non-hydrogen) atoms. The Morgan fingerprint density at radius 2 is 2.13 bits per heavy atom. The molecule has 1 atom stereocenters. The standard InChI is InChI=1S/C11H20N2OS/c1-11(2)8-15-9(12-11)7-10(14)13-5-3-4-6-13/h9,12H,3-8H2,1-2H3. The van der Waals surface area contributed by atoms with E-state index in [1.807, 2.05) is 16.7 Å². The van der Waals surface area contributed by atoms with Gasteiger partial charge < -0.3 is 4.90 Å². The number of nitrogens with zero attached hydrogens (tertiary/aromatic N) is 1. The lowest BCUT2D eigenvalue weighted by Gasteiger charge is -2.21. The average Bonchev–Trinajstić information content (AvgIpc) is 2.74. The van der Waals surface area contributed by atoms with Crippen LogP contribution in [-0.4, -0.2) is 40.6 Å². The van der Waals surface area contributed by atoms with Crippen LogP contribution >= 0.6 is 11.8 Å². The zero-order valence-electron chi connectivity index (χ0n) is 9.58. The largest absolute Gasteiger partial charge is 0.343 e. The summed E-state index contributed by atoms with van der Waals surface area (Å²) < 4.78 is 0. The first kappa shape index (κ1) is 11.3. The van der Waals surface area contributed by atoms with E-state index in [1.165, 1.54) is 12.8 Å². The van der Waals surface area contributed by atoms with E-state index in [1.54, 1.807) is 0 Å². The lowest BCUT2D eigenvalue weighted by molar-refractivity contribution is -0.130. The van der Waals surface area contributed by atoms with Crippen LogP contribution in [0.15, 0.2) is 0 Å². The maximum absolute atomic E-state index is 11.9. The van der Waals surface area contributed by atoms with E-state index in [9.17, 15) is 4.79 Å². The maximum atomic E-state index is 11.9. The van der Waals surface area contributed by atoms with Crippen LogP contribution < -0.4 is 5.32 Å². The van der Waals surface area contributed by atoms with Gasteiger partial charge in [0.25, 0.3) is 0 Å². The van der Waals surface area contributed by atoms with Gasteiger partial charge in [0.15, 0.2) is 0 Å². The summed E-state index contributed by atoms with van der Waals surface area (Å²) >= 11 is 1.88. The molecule has 1 unspecified atom stereocenters. The second kappa shape index (κ2) is 4.34. The summed E-state index contributed by atoms with van der Waals surface area (Å²) in [5.41, 5.74) is 0.195. The Labute approximate surface area is 96.0 Å². The van der Waals surface area contributed by atoms with Gasteiger partial charge in [0.2, 0.25) is 5.91 Å². The molecule has 2 rings (SSSR count). The van der Waals surface area contributed by atoms with Crippen LogP contribution in [0.25, 0.3) is 0 Å². The molecule has 0 saturated carbocycles. The predicted molar refractivity (Wildman–Crippen MR) is 63.9 cm³/mol. The second-order valence-electron chi connectivity index (χ2n) is 5.12. The topological polar surface area (TPSA) is 32.3 Å². The molecular weight excluding hydrogens is 208 g/mol. The number of nitrogens with one attached hydrogen (secondary N) is 1. The molecule has 0 aromatic rings. The molecule has 3 nitrogen and oxygen atoms in total. The summed E-state index contributed by atoms with van der Waals surface area (Å²) in [5, 5.41) is 3.83. The first-order valence-electron chi connectivity index (χ1n) is 5.74. The van der Waals surface area contributed by atoms with Crippen molar-refractivity contribution in [2.24, 2.45) is 0 Å². The van der Waals surface area contributed by atoms with Crippen molar-refractivity contribution < 1.29 is 4.79 Å². The molecule has 2 aliphatic rings. The molecule has 2 aliphatic heterocycles. The molecule has 0 radical (unpaired) electrons. The molecule has 86 valence electrons. The number of likely N-dealkylation sites (tertiary alicyclic amines) is 1. The van der Waals surface area contributed by atoms with E-state index < -0.39 is 0 Å². The average molecular weight is 228 g/mol. The minimum atomic E-state index is 0.195. The molecule has 2 saturated heterocycles.